The molecule has 1 fully saturated rings. The van der Waals surface area contributed by atoms with Gasteiger partial charge in [-0.05, 0) is 0 Å². The SMILES string of the molecule is O=C(O)CC(C(=O)O)N1C(=O)C[C@@](O)(CC(=O)O)C1=O.S.S. The smallest absolute Gasteiger partial charge is 0.327 e. The number of rotatable bonds is 6. The Balaban J connectivity index is 0. The van der Waals surface area contributed by atoms with Crippen molar-refractivity contribution in [3.8, 4) is 0 Å². The molecule has 0 saturated carbocycles. The maximum Gasteiger partial charge on any atom is 0.327 e. The second-order valence-electron chi connectivity index (χ2n) is 4.30. The van der Waals surface area contributed by atoms with Crippen molar-refractivity contribution in [3.63, 3.8) is 0 Å². The highest BCUT2D eigenvalue weighted by Gasteiger charge is 2.55. The maximum absolute atomic E-state index is 11.8. The third-order valence-corrected chi connectivity index (χ3v) is 2.74. The minimum atomic E-state index is -2.55. The van der Waals surface area contributed by atoms with Crippen molar-refractivity contribution in [2.45, 2.75) is 30.9 Å². The number of hydrogen-bond donors (Lipinski definition) is 4. The number of likely N-dealkylation sites (tertiary alicyclic amines) is 1. The number of carboxylic acid groups (broad SMARTS) is 3. The second kappa shape index (κ2) is 8.00. The molecular formula is C10H15NO9S2. The monoisotopic (exact) mass is 357 g/mol. The van der Waals surface area contributed by atoms with Gasteiger partial charge in [-0.3, -0.25) is 24.1 Å². The van der Waals surface area contributed by atoms with E-state index in [1.165, 1.54) is 0 Å². The van der Waals surface area contributed by atoms with Gasteiger partial charge in [0.2, 0.25) is 5.91 Å². The molecule has 4 N–H and O–H groups in total. The van der Waals surface area contributed by atoms with Gasteiger partial charge in [0.05, 0.1) is 19.3 Å². The molecule has 1 unspecified atom stereocenters. The fourth-order valence-electron chi connectivity index (χ4n) is 1.91. The Hall–Kier alpha value is -1.79. The summed E-state index contributed by atoms with van der Waals surface area (Å²) in [4.78, 5) is 55.6. The van der Waals surface area contributed by atoms with Crippen LogP contribution in [0.5, 0.6) is 0 Å². The standard InChI is InChI=1S/C10H11NO9.2H2S/c12-5-2-10(20,3-7(15)16)9(19)11(5)4(8(17)18)1-6(13)14;;/h4,20H,1-3H2,(H,13,14)(H,15,16)(H,17,18);2*1H2/t4?,10-;;/m1../s1. The molecule has 1 rings (SSSR count). The van der Waals surface area contributed by atoms with Gasteiger partial charge < -0.3 is 20.4 Å². The number of aliphatic hydroxyl groups is 1. The molecule has 10 nitrogen and oxygen atoms in total. The zero-order valence-electron chi connectivity index (χ0n) is 11.0. The topological polar surface area (TPSA) is 170 Å². The van der Waals surface area contributed by atoms with Gasteiger partial charge in [0, 0.05) is 0 Å². The number of carboxylic acids is 3. The Morgan fingerprint density at radius 3 is 1.95 bits per heavy atom. The zero-order chi connectivity index (χ0) is 15.7. The van der Waals surface area contributed by atoms with Crippen LogP contribution in [0, 0.1) is 0 Å². The molecule has 1 saturated heterocycles. The summed E-state index contributed by atoms with van der Waals surface area (Å²) in [6, 6.07) is -1.99. The van der Waals surface area contributed by atoms with Crippen molar-refractivity contribution in [2.75, 3.05) is 0 Å². The predicted octanol–water partition coefficient (Wildman–Crippen LogP) is -1.90. The Kier molecular flexibility index (Phi) is 8.18. The third kappa shape index (κ3) is 4.61. The summed E-state index contributed by atoms with van der Waals surface area (Å²) in [5.74, 6) is -7.41. The molecule has 2 atom stereocenters. The molecule has 1 aliphatic heterocycles. The van der Waals surface area contributed by atoms with Crippen molar-refractivity contribution in [1.29, 1.82) is 0 Å². The first-order valence-electron chi connectivity index (χ1n) is 5.34. The highest BCUT2D eigenvalue weighted by Crippen LogP contribution is 2.30. The summed E-state index contributed by atoms with van der Waals surface area (Å²) in [5.41, 5.74) is -2.55. The van der Waals surface area contributed by atoms with Gasteiger partial charge in [0.25, 0.3) is 5.91 Å². The van der Waals surface area contributed by atoms with E-state index in [1.54, 1.807) is 0 Å². The van der Waals surface area contributed by atoms with E-state index in [2.05, 4.69) is 0 Å². The lowest BCUT2D eigenvalue weighted by Crippen LogP contribution is -2.49. The third-order valence-electron chi connectivity index (χ3n) is 2.74. The first-order chi connectivity index (χ1) is 9.08. The van der Waals surface area contributed by atoms with Gasteiger partial charge in [-0.2, -0.15) is 27.0 Å². The predicted molar refractivity (Wildman–Crippen MR) is 78.1 cm³/mol. The number of aliphatic carboxylic acids is 3. The van der Waals surface area contributed by atoms with Crippen LogP contribution in [0.15, 0.2) is 0 Å². The van der Waals surface area contributed by atoms with Gasteiger partial charge in [-0.15, -0.1) is 0 Å². The Labute approximate surface area is 137 Å². The fourth-order valence-corrected chi connectivity index (χ4v) is 1.91. The van der Waals surface area contributed by atoms with Crippen LogP contribution in [0.1, 0.15) is 19.3 Å². The second-order valence-corrected chi connectivity index (χ2v) is 4.30. The average Bonchev–Trinajstić information content (AvgIpc) is 2.45. The van der Waals surface area contributed by atoms with Gasteiger partial charge in [-0.25, -0.2) is 4.79 Å². The van der Waals surface area contributed by atoms with E-state index >= 15 is 0 Å². The maximum atomic E-state index is 11.8. The largest absolute Gasteiger partial charge is 0.481 e. The summed E-state index contributed by atoms with van der Waals surface area (Å²) in [6.45, 7) is 0. The lowest BCUT2D eigenvalue weighted by atomic mass is 9.98. The van der Waals surface area contributed by atoms with E-state index in [0.717, 1.165) is 0 Å². The molecular weight excluding hydrogens is 342 g/mol. The van der Waals surface area contributed by atoms with Crippen LogP contribution in [0.4, 0.5) is 0 Å². The van der Waals surface area contributed by atoms with Crippen LogP contribution in [0.3, 0.4) is 0 Å². The molecule has 0 radical (unpaired) electrons. The Morgan fingerprint density at radius 1 is 1.09 bits per heavy atom. The number of hydrogen-bond acceptors (Lipinski definition) is 6. The van der Waals surface area contributed by atoms with Crippen molar-refractivity contribution in [3.05, 3.63) is 0 Å². The van der Waals surface area contributed by atoms with Crippen molar-refractivity contribution in [2.24, 2.45) is 0 Å². The molecule has 22 heavy (non-hydrogen) atoms. The minimum absolute atomic E-state index is 0. The van der Waals surface area contributed by atoms with E-state index in [-0.39, 0.29) is 31.9 Å². The lowest BCUT2D eigenvalue weighted by Gasteiger charge is -2.23. The van der Waals surface area contributed by atoms with E-state index in [0.29, 0.717) is 0 Å². The first kappa shape index (κ1) is 22.5. The minimum Gasteiger partial charge on any atom is -0.481 e. The van der Waals surface area contributed by atoms with E-state index in [9.17, 15) is 29.1 Å². The number of nitrogens with zero attached hydrogens (tertiary/aromatic N) is 1. The Bertz CT molecular complexity index is 509. The van der Waals surface area contributed by atoms with Crippen LogP contribution >= 0.6 is 27.0 Å². The fraction of sp³-hybridized carbons (Fsp3) is 0.500. The summed E-state index contributed by atoms with van der Waals surface area (Å²) < 4.78 is 0. The molecule has 0 aromatic heterocycles. The zero-order valence-corrected chi connectivity index (χ0v) is 13.0. The molecule has 0 bridgehead atoms. The lowest BCUT2D eigenvalue weighted by molar-refractivity contribution is -0.162. The molecule has 0 aromatic carbocycles. The van der Waals surface area contributed by atoms with Gasteiger partial charge in [0.1, 0.15) is 6.04 Å². The summed E-state index contributed by atoms with van der Waals surface area (Å²) in [7, 11) is 0. The number of carbonyl (C=O) groups is 5. The van der Waals surface area contributed by atoms with Crippen molar-refractivity contribution < 1.29 is 44.4 Å². The van der Waals surface area contributed by atoms with Crippen LogP contribution < -0.4 is 0 Å². The van der Waals surface area contributed by atoms with Crippen LogP contribution in [0.25, 0.3) is 0 Å². The summed E-state index contributed by atoms with van der Waals surface area (Å²) in [5, 5.41) is 35.8. The molecule has 1 aliphatic rings. The Morgan fingerprint density at radius 2 is 1.59 bits per heavy atom. The highest BCUT2D eigenvalue weighted by atomic mass is 32.1. The van der Waals surface area contributed by atoms with Gasteiger partial charge in [-0.1, -0.05) is 0 Å². The molecule has 0 spiro atoms. The van der Waals surface area contributed by atoms with Crippen molar-refractivity contribution in [1.82, 2.24) is 4.90 Å². The van der Waals surface area contributed by atoms with E-state index in [4.69, 9.17) is 15.3 Å². The highest BCUT2D eigenvalue weighted by molar-refractivity contribution is 7.59. The number of imide groups is 1. The molecule has 2 amide bonds. The van der Waals surface area contributed by atoms with Crippen LogP contribution in [0.2, 0.25) is 0 Å². The molecule has 1 heterocycles. The van der Waals surface area contributed by atoms with Crippen LogP contribution in [-0.2, 0) is 24.0 Å². The summed E-state index contributed by atoms with van der Waals surface area (Å²) in [6.07, 6.45) is -3.02. The average molecular weight is 357 g/mol. The summed E-state index contributed by atoms with van der Waals surface area (Å²) >= 11 is 0. The molecule has 0 aromatic rings. The quantitative estimate of drug-likeness (QED) is 0.397. The first-order valence-corrected chi connectivity index (χ1v) is 5.34. The molecule has 126 valence electrons. The van der Waals surface area contributed by atoms with E-state index < -0.39 is 60.6 Å². The van der Waals surface area contributed by atoms with Crippen LogP contribution in [-0.4, -0.2) is 66.7 Å². The molecule has 12 heteroatoms. The van der Waals surface area contributed by atoms with E-state index in [1.807, 2.05) is 0 Å². The number of amides is 2. The number of carbonyl (C=O) groups excluding carboxylic acids is 2. The van der Waals surface area contributed by atoms with Gasteiger partial charge >= 0.3 is 17.9 Å². The van der Waals surface area contributed by atoms with Gasteiger partial charge in [0.15, 0.2) is 5.60 Å². The molecule has 0 aliphatic carbocycles. The van der Waals surface area contributed by atoms with Crippen molar-refractivity contribution >= 4 is 56.7 Å². The normalized spacial score (nSPS) is 21.6.